The molecule has 2 amide bonds. The van der Waals surface area contributed by atoms with Crippen LogP contribution >= 0.6 is 0 Å². The quantitative estimate of drug-likeness (QED) is 0.594. The number of anilines is 2. The number of carbonyl (C=O) groups is 2. The van der Waals surface area contributed by atoms with Crippen molar-refractivity contribution in [3.63, 3.8) is 0 Å². The van der Waals surface area contributed by atoms with E-state index in [1.54, 1.807) is 24.3 Å². The van der Waals surface area contributed by atoms with Crippen molar-refractivity contribution in [1.29, 1.82) is 5.26 Å². The molecule has 0 aliphatic rings. The Kier molecular flexibility index (Phi) is 4.69. The lowest BCUT2D eigenvalue weighted by atomic mass is 10.2. The highest BCUT2D eigenvalue weighted by molar-refractivity contribution is 6.39. The van der Waals surface area contributed by atoms with Gasteiger partial charge in [0.2, 0.25) is 0 Å². The van der Waals surface area contributed by atoms with E-state index in [1.807, 2.05) is 25.1 Å². The zero-order chi connectivity index (χ0) is 13.5. The first-order valence-electron chi connectivity index (χ1n) is 5.28. The molecule has 0 spiro atoms. The molecule has 0 aliphatic carbocycles. The molecule has 0 radical (unpaired) electrons. The molecule has 0 saturated carbocycles. The summed E-state index contributed by atoms with van der Waals surface area (Å²) >= 11 is 0. The molecule has 0 unspecified atom stereocenters. The molecule has 94 valence electrons. The number of nitrogens with one attached hydrogen (secondary N) is 2. The van der Waals surface area contributed by atoms with Crippen LogP contribution in [-0.2, 0) is 9.59 Å². The highest BCUT2D eigenvalue weighted by atomic mass is 16.2. The van der Waals surface area contributed by atoms with Crippen molar-refractivity contribution in [3.05, 3.63) is 24.3 Å². The molecule has 1 aromatic rings. The second-order valence-electron chi connectivity index (χ2n) is 3.74. The average molecular weight is 246 g/mol. The number of hydrogen-bond acceptors (Lipinski definition) is 4. The number of carbonyl (C=O) groups excluding carboxylic acids is 2. The summed E-state index contributed by atoms with van der Waals surface area (Å²) < 4.78 is 0. The van der Waals surface area contributed by atoms with Crippen LogP contribution in [0, 0.1) is 11.3 Å². The summed E-state index contributed by atoms with van der Waals surface area (Å²) in [6.07, 6.45) is 0. The fraction of sp³-hybridized carbons (Fsp3) is 0.250. The van der Waals surface area contributed by atoms with Crippen LogP contribution in [0.1, 0.15) is 0 Å². The summed E-state index contributed by atoms with van der Waals surface area (Å²) in [7, 11) is 3.75. The second-order valence-corrected chi connectivity index (χ2v) is 3.74. The fourth-order valence-electron chi connectivity index (χ4n) is 1.25. The molecular formula is C12H14N4O2. The third-order valence-corrected chi connectivity index (χ3v) is 2.15. The van der Waals surface area contributed by atoms with Crippen molar-refractivity contribution < 1.29 is 9.59 Å². The van der Waals surface area contributed by atoms with E-state index in [4.69, 9.17) is 5.26 Å². The predicted molar refractivity (Wildman–Crippen MR) is 68.0 cm³/mol. The van der Waals surface area contributed by atoms with Crippen molar-refractivity contribution in [2.75, 3.05) is 30.9 Å². The van der Waals surface area contributed by atoms with E-state index in [2.05, 4.69) is 10.6 Å². The van der Waals surface area contributed by atoms with Gasteiger partial charge in [-0.1, -0.05) is 6.07 Å². The van der Waals surface area contributed by atoms with E-state index >= 15 is 0 Å². The van der Waals surface area contributed by atoms with Crippen molar-refractivity contribution in [1.82, 2.24) is 5.32 Å². The topological polar surface area (TPSA) is 85.2 Å². The Morgan fingerprint density at radius 1 is 1.33 bits per heavy atom. The summed E-state index contributed by atoms with van der Waals surface area (Å²) in [6.45, 7) is -0.190. The van der Waals surface area contributed by atoms with E-state index < -0.39 is 11.8 Å². The van der Waals surface area contributed by atoms with Gasteiger partial charge in [0.25, 0.3) is 0 Å². The normalized spacial score (nSPS) is 9.17. The zero-order valence-corrected chi connectivity index (χ0v) is 10.2. The smallest absolute Gasteiger partial charge is 0.313 e. The monoisotopic (exact) mass is 246 g/mol. The van der Waals surface area contributed by atoms with Gasteiger partial charge in [-0.2, -0.15) is 5.26 Å². The van der Waals surface area contributed by atoms with Crippen LogP contribution in [0.3, 0.4) is 0 Å². The molecule has 6 nitrogen and oxygen atoms in total. The highest BCUT2D eigenvalue weighted by Gasteiger charge is 2.12. The lowest BCUT2D eigenvalue weighted by Gasteiger charge is -2.13. The maximum absolute atomic E-state index is 11.5. The largest absolute Gasteiger partial charge is 0.378 e. The third-order valence-electron chi connectivity index (χ3n) is 2.15. The maximum atomic E-state index is 11.5. The molecule has 1 aromatic carbocycles. The number of nitriles is 1. The highest BCUT2D eigenvalue weighted by Crippen LogP contribution is 2.16. The van der Waals surface area contributed by atoms with Gasteiger partial charge in [-0.25, -0.2) is 0 Å². The van der Waals surface area contributed by atoms with Crippen LogP contribution in [0.5, 0.6) is 0 Å². The van der Waals surface area contributed by atoms with Gasteiger partial charge in [0.05, 0.1) is 6.07 Å². The first-order valence-corrected chi connectivity index (χ1v) is 5.28. The maximum Gasteiger partial charge on any atom is 0.313 e. The summed E-state index contributed by atoms with van der Waals surface area (Å²) in [5, 5.41) is 12.9. The lowest BCUT2D eigenvalue weighted by molar-refractivity contribution is -0.136. The van der Waals surface area contributed by atoms with Gasteiger partial charge in [-0.3, -0.25) is 9.59 Å². The van der Waals surface area contributed by atoms with Crippen LogP contribution in [0.2, 0.25) is 0 Å². The summed E-state index contributed by atoms with van der Waals surface area (Å²) in [4.78, 5) is 24.6. The molecule has 0 bridgehead atoms. The van der Waals surface area contributed by atoms with Crippen LogP contribution < -0.4 is 15.5 Å². The fourth-order valence-corrected chi connectivity index (χ4v) is 1.25. The Hall–Kier alpha value is -2.55. The first-order chi connectivity index (χ1) is 8.54. The Morgan fingerprint density at radius 2 is 2.06 bits per heavy atom. The molecule has 0 aliphatic heterocycles. The molecule has 0 aromatic heterocycles. The van der Waals surface area contributed by atoms with E-state index in [1.165, 1.54) is 0 Å². The van der Waals surface area contributed by atoms with Gasteiger partial charge in [-0.05, 0) is 18.2 Å². The SMILES string of the molecule is CN(C)c1cccc(NC(=O)C(=O)NCC#N)c1. The van der Waals surface area contributed by atoms with Crippen LogP contribution in [0.15, 0.2) is 24.3 Å². The number of benzene rings is 1. The van der Waals surface area contributed by atoms with E-state index in [0.29, 0.717) is 5.69 Å². The Balaban J connectivity index is 2.67. The molecule has 18 heavy (non-hydrogen) atoms. The van der Waals surface area contributed by atoms with Crippen molar-refractivity contribution >= 4 is 23.2 Å². The van der Waals surface area contributed by atoms with Gasteiger partial charge in [0, 0.05) is 25.5 Å². The lowest BCUT2D eigenvalue weighted by Crippen LogP contribution is -2.35. The van der Waals surface area contributed by atoms with Crippen LogP contribution in [0.4, 0.5) is 11.4 Å². The van der Waals surface area contributed by atoms with E-state index in [9.17, 15) is 9.59 Å². The summed E-state index contributed by atoms with van der Waals surface area (Å²) in [5.41, 5.74) is 1.43. The van der Waals surface area contributed by atoms with Gasteiger partial charge >= 0.3 is 11.8 Å². The summed E-state index contributed by atoms with van der Waals surface area (Å²) in [5.74, 6) is -1.62. The Labute approximate surface area is 105 Å². The van der Waals surface area contributed by atoms with Crippen LogP contribution in [-0.4, -0.2) is 32.5 Å². The van der Waals surface area contributed by atoms with Crippen molar-refractivity contribution in [3.8, 4) is 6.07 Å². The summed E-state index contributed by atoms with van der Waals surface area (Å²) in [6, 6.07) is 8.81. The van der Waals surface area contributed by atoms with Gasteiger partial charge in [0.1, 0.15) is 6.54 Å². The Bertz CT molecular complexity index is 491. The molecule has 0 heterocycles. The number of hydrogen-bond donors (Lipinski definition) is 2. The number of amides is 2. The number of nitrogens with zero attached hydrogens (tertiary/aromatic N) is 2. The molecule has 2 N–H and O–H groups in total. The Morgan fingerprint density at radius 3 is 2.67 bits per heavy atom. The van der Waals surface area contributed by atoms with E-state index in [-0.39, 0.29) is 6.54 Å². The van der Waals surface area contributed by atoms with Gasteiger partial charge < -0.3 is 15.5 Å². The average Bonchev–Trinajstić information content (AvgIpc) is 2.36. The van der Waals surface area contributed by atoms with Gasteiger partial charge in [0.15, 0.2) is 0 Å². The van der Waals surface area contributed by atoms with Gasteiger partial charge in [-0.15, -0.1) is 0 Å². The first kappa shape index (κ1) is 13.5. The molecule has 6 heteroatoms. The third kappa shape index (κ3) is 3.79. The minimum Gasteiger partial charge on any atom is -0.378 e. The molecule has 0 atom stereocenters. The standard InChI is InChI=1S/C12H14N4O2/c1-16(2)10-5-3-4-9(8-10)15-12(18)11(17)14-7-6-13/h3-5,8H,7H2,1-2H3,(H,14,17)(H,15,18). The minimum atomic E-state index is -0.827. The second kappa shape index (κ2) is 6.25. The molecule has 1 rings (SSSR count). The molecule has 0 saturated heterocycles. The van der Waals surface area contributed by atoms with E-state index in [0.717, 1.165) is 5.69 Å². The van der Waals surface area contributed by atoms with Crippen LogP contribution in [0.25, 0.3) is 0 Å². The van der Waals surface area contributed by atoms with Crippen molar-refractivity contribution in [2.45, 2.75) is 0 Å². The molecular weight excluding hydrogens is 232 g/mol. The molecule has 0 fully saturated rings. The zero-order valence-electron chi connectivity index (χ0n) is 10.2. The minimum absolute atomic E-state index is 0.190. The number of rotatable bonds is 3. The predicted octanol–water partition coefficient (Wildman–Crippen LogP) is 0.331. The van der Waals surface area contributed by atoms with Crippen molar-refractivity contribution in [2.24, 2.45) is 0 Å².